The first-order valence-corrected chi connectivity index (χ1v) is 7.31. The van der Waals surface area contributed by atoms with Crippen LogP contribution >= 0.6 is 0 Å². The van der Waals surface area contributed by atoms with Gasteiger partial charge in [0.2, 0.25) is 20.5 Å². The number of nitrogens with one attached hydrogen (secondary N) is 1. The van der Waals surface area contributed by atoms with E-state index in [2.05, 4.69) is 4.98 Å². The summed E-state index contributed by atoms with van der Waals surface area (Å²) in [5, 5.41) is 7.06. The van der Waals surface area contributed by atoms with Crippen molar-refractivity contribution in [1.29, 1.82) is 0 Å². The largest absolute Gasteiger partial charge is 0.433 e. The molecular weight excluding hydrogens is 280 g/mol. The standard InChI is InChI=1S/C12H10N2O2S.HOSi/c13-17(15,16)11-7-3-5-9-8-4-1-2-6-10(8)14-12(9)11;1-2/h1-7,14H,(H2,13,15,16);1H. The van der Waals surface area contributed by atoms with Crippen molar-refractivity contribution >= 4 is 42.3 Å². The van der Waals surface area contributed by atoms with Crippen LogP contribution in [-0.2, 0) is 10.0 Å². The molecule has 0 saturated carbocycles. The van der Waals surface area contributed by atoms with Gasteiger partial charge in [-0.15, -0.1) is 0 Å². The number of fused-ring (bicyclic) bond motifs is 3. The van der Waals surface area contributed by atoms with Crippen LogP contribution in [0.25, 0.3) is 21.8 Å². The van der Waals surface area contributed by atoms with E-state index < -0.39 is 10.0 Å². The third kappa shape index (κ3) is 2.41. The Labute approximate surface area is 113 Å². The number of aromatic nitrogens is 1. The second-order valence-electron chi connectivity index (χ2n) is 3.89. The average molecular weight is 291 g/mol. The lowest BCUT2D eigenvalue weighted by Gasteiger charge is -1.99. The number of nitrogens with two attached hydrogens (primary N) is 1. The predicted octanol–water partition coefficient (Wildman–Crippen LogP) is 1.03. The molecule has 3 aromatic rings. The quantitative estimate of drug-likeness (QED) is 0.584. The van der Waals surface area contributed by atoms with Crippen molar-refractivity contribution in [1.82, 2.24) is 4.98 Å². The van der Waals surface area contributed by atoms with Crippen LogP contribution in [0.5, 0.6) is 0 Å². The number of sulfonamides is 1. The van der Waals surface area contributed by atoms with Crippen LogP contribution in [0.2, 0.25) is 0 Å². The van der Waals surface area contributed by atoms with Gasteiger partial charge >= 0.3 is 0 Å². The molecule has 0 aliphatic heterocycles. The number of para-hydroxylation sites is 2. The number of hydrogen-bond donors (Lipinski definition) is 3. The van der Waals surface area contributed by atoms with Gasteiger partial charge in [-0.1, -0.05) is 30.3 Å². The molecule has 7 heteroatoms. The van der Waals surface area contributed by atoms with E-state index in [-0.39, 0.29) is 4.90 Å². The van der Waals surface area contributed by atoms with Crippen LogP contribution in [0.15, 0.2) is 47.4 Å². The monoisotopic (exact) mass is 291 g/mol. The first-order chi connectivity index (χ1) is 9.07. The van der Waals surface area contributed by atoms with Crippen LogP contribution in [0.1, 0.15) is 0 Å². The molecule has 19 heavy (non-hydrogen) atoms. The maximum absolute atomic E-state index is 11.5. The third-order valence-electron chi connectivity index (χ3n) is 2.81. The number of primary sulfonamides is 1. The van der Waals surface area contributed by atoms with Crippen molar-refractivity contribution < 1.29 is 13.2 Å². The summed E-state index contributed by atoms with van der Waals surface area (Å²) in [5.41, 5.74) is 1.47. The Morgan fingerprint density at radius 3 is 2.32 bits per heavy atom. The van der Waals surface area contributed by atoms with Crippen LogP contribution in [-0.4, -0.2) is 28.7 Å². The van der Waals surface area contributed by atoms with E-state index in [9.17, 15) is 8.42 Å². The van der Waals surface area contributed by atoms with Gasteiger partial charge in [0, 0.05) is 16.3 Å². The molecule has 0 aliphatic rings. The van der Waals surface area contributed by atoms with Crippen molar-refractivity contribution in [2.45, 2.75) is 4.90 Å². The van der Waals surface area contributed by atoms with E-state index in [1.807, 2.05) is 40.8 Å². The second-order valence-corrected chi connectivity index (χ2v) is 5.42. The molecule has 0 bridgehead atoms. The molecule has 1 aromatic heterocycles. The molecule has 0 saturated heterocycles. The maximum Gasteiger partial charge on any atom is 0.240 e. The number of hydrogen-bond acceptors (Lipinski definition) is 3. The first kappa shape index (κ1) is 13.8. The Balaban J connectivity index is 0.000000637. The Morgan fingerprint density at radius 1 is 1.00 bits per heavy atom. The van der Waals surface area contributed by atoms with Gasteiger partial charge in [0.1, 0.15) is 4.90 Å². The summed E-state index contributed by atoms with van der Waals surface area (Å²) in [6.07, 6.45) is 0. The summed E-state index contributed by atoms with van der Waals surface area (Å²) < 4.78 is 23.0. The molecule has 0 fully saturated rings. The van der Waals surface area contributed by atoms with E-state index in [4.69, 9.17) is 9.93 Å². The van der Waals surface area contributed by atoms with Gasteiger partial charge in [-0.3, -0.25) is 0 Å². The molecule has 0 amide bonds. The zero-order valence-corrected chi connectivity index (χ0v) is 11.6. The maximum atomic E-state index is 11.5. The zero-order chi connectivity index (χ0) is 14.0. The van der Waals surface area contributed by atoms with Gasteiger partial charge in [0.15, 0.2) is 0 Å². The fourth-order valence-corrected chi connectivity index (χ4v) is 2.80. The fourth-order valence-electron chi connectivity index (χ4n) is 2.08. The summed E-state index contributed by atoms with van der Waals surface area (Å²) in [4.78, 5) is 10.0. The van der Waals surface area contributed by atoms with E-state index in [0.717, 1.165) is 16.3 Å². The van der Waals surface area contributed by atoms with Crippen LogP contribution < -0.4 is 5.14 Å². The van der Waals surface area contributed by atoms with Gasteiger partial charge in [-0.25, -0.2) is 13.6 Å². The molecule has 0 unspecified atom stereocenters. The highest BCUT2D eigenvalue weighted by Crippen LogP contribution is 2.28. The molecule has 0 aliphatic carbocycles. The Kier molecular flexibility index (Phi) is 3.72. The van der Waals surface area contributed by atoms with Crippen LogP contribution in [0.4, 0.5) is 0 Å². The summed E-state index contributed by atoms with van der Waals surface area (Å²) >= 11 is 0. The molecule has 0 atom stereocenters. The van der Waals surface area contributed by atoms with Gasteiger partial charge in [-0.2, -0.15) is 0 Å². The van der Waals surface area contributed by atoms with E-state index in [0.29, 0.717) is 5.52 Å². The van der Waals surface area contributed by atoms with Gasteiger partial charge < -0.3 is 9.78 Å². The average Bonchev–Trinajstić information content (AvgIpc) is 2.78. The minimum Gasteiger partial charge on any atom is -0.433 e. The minimum atomic E-state index is -3.71. The lowest BCUT2D eigenvalue weighted by atomic mass is 10.1. The van der Waals surface area contributed by atoms with E-state index >= 15 is 0 Å². The normalized spacial score (nSPS) is 11.3. The molecule has 97 valence electrons. The Hall–Kier alpha value is -1.67. The zero-order valence-electron chi connectivity index (χ0n) is 9.79. The van der Waals surface area contributed by atoms with Crippen molar-refractivity contribution in [3.63, 3.8) is 0 Å². The lowest BCUT2D eigenvalue weighted by molar-refractivity contribution is 0.598. The van der Waals surface area contributed by atoms with Crippen molar-refractivity contribution in [2.75, 3.05) is 0 Å². The topological polar surface area (TPSA) is 96.2 Å². The molecule has 0 spiro atoms. The minimum absolute atomic E-state index is 0.131. The van der Waals surface area contributed by atoms with E-state index in [1.165, 1.54) is 6.07 Å². The molecule has 1 heterocycles. The molecule has 4 N–H and O–H groups in total. The van der Waals surface area contributed by atoms with E-state index in [1.54, 1.807) is 6.07 Å². The smallest absolute Gasteiger partial charge is 0.240 e. The molecule has 5 nitrogen and oxygen atoms in total. The summed E-state index contributed by atoms with van der Waals surface area (Å²) in [7, 11) is -1.74. The Bertz CT molecular complexity index is 827. The van der Waals surface area contributed by atoms with Crippen LogP contribution in [0.3, 0.4) is 0 Å². The highest BCUT2D eigenvalue weighted by atomic mass is 32.2. The first-order valence-electron chi connectivity index (χ1n) is 5.32. The summed E-state index contributed by atoms with van der Waals surface area (Å²) in [6.45, 7) is 0. The molecular formula is C12H11N2O3SSi. The van der Waals surface area contributed by atoms with Gasteiger partial charge in [0.05, 0.1) is 5.52 Å². The molecule has 3 rings (SSSR count). The van der Waals surface area contributed by atoms with Crippen LogP contribution in [0, 0.1) is 0 Å². The van der Waals surface area contributed by atoms with Crippen molar-refractivity contribution in [3.8, 4) is 0 Å². The SMILES string of the molecule is NS(=O)(=O)c1cccc2c1[nH]c1ccccc12.O[Si]. The van der Waals surface area contributed by atoms with Gasteiger partial charge in [0.25, 0.3) is 0 Å². The fraction of sp³-hybridized carbons (Fsp3) is 0. The second kappa shape index (κ2) is 5.14. The highest BCUT2D eigenvalue weighted by Gasteiger charge is 2.14. The number of rotatable bonds is 1. The van der Waals surface area contributed by atoms with Gasteiger partial charge in [-0.05, 0) is 12.1 Å². The Morgan fingerprint density at radius 2 is 1.63 bits per heavy atom. The van der Waals surface area contributed by atoms with Crippen molar-refractivity contribution in [3.05, 3.63) is 42.5 Å². The highest BCUT2D eigenvalue weighted by molar-refractivity contribution is 7.89. The number of aromatic amines is 1. The lowest BCUT2D eigenvalue weighted by Crippen LogP contribution is -2.12. The summed E-state index contributed by atoms with van der Waals surface area (Å²) in [6, 6.07) is 12.7. The molecule has 3 radical (unpaired) electrons. The predicted molar refractivity (Wildman–Crippen MR) is 75.2 cm³/mol. The third-order valence-corrected chi connectivity index (χ3v) is 3.76. The summed E-state index contributed by atoms with van der Waals surface area (Å²) in [5.74, 6) is 0. The van der Waals surface area contributed by atoms with Crippen molar-refractivity contribution in [2.24, 2.45) is 5.14 Å². The number of H-pyrrole nitrogens is 1. The number of benzene rings is 2. The molecule has 2 aromatic carbocycles.